The second-order valence-electron chi connectivity index (χ2n) is 12.7. The third-order valence-electron chi connectivity index (χ3n) is 9.65. The first kappa shape index (κ1) is 35.4. The Kier molecular flexibility index (Phi) is 16.1. The van der Waals surface area contributed by atoms with Gasteiger partial charge in [-0.15, -0.1) is 0 Å². The quantitative estimate of drug-likeness (QED) is 0.0876. The summed E-state index contributed by atoms with van der Waals surface area (Å²) >= 11 is 0. The lowest BCUT2D eigenvalue weighted by atomic mass is 9.68. The summed E-state index contributed by atoms with van der Waals surface area (Å²) in [6, 6.07) is 13.9. The number of carbonyl (C=O) groups is 2. The summed E-state index contributed by atoms with van der Waals surface area (Å²) in [6.45, 7) is 8.93. The van der Waals surface area contributed by atoms with Crippen molar-refractivity contribution in [3.05, 3.63) is 71.8 Å². The number of carbonyl (C=O) groups excluding carboxylic acids is 2. The number of methoxy groups -OCH3 is 1. The highest BCUT2D eigenvalue weighted by Gasteiger charge is 2.31. The largest absolute Gasteiger partial charge is 0.496 e. The van der Waals surface area contributed by atoms with Crippen molar-refractivity contribution in [2.75, 3.05) is 20.3 Å². The third kappa shape index (κ3) is 12.1. The molecule has 242 valence electrons. The summed E-state index contributed by atoms with van der Waals surface area (Å²) in [5.74, 6) is 5.31. The number of hydrogen-bond acceptors (Lipinski definition) is 5. The van der Waals surface area contributed by atoms with Crippen LogP contribution in [-0.4, -0.2) is 32.6 Å². The van der Waals surface area contributed by atoms with Gasteiger partial charge < -0.3 is 14.2 Å². The molecule has 0 aromatic heterocycles. The Hall–Kier alpha value is -3.08. The Morgan fingerprint density at radius 2 is 1.50 bits per heavy atom. The molecule has 0 heterocycles. The molecule has 2 fully saturated rings. The van der Waals surface area contributed by atoms with Crippen LogP contribution in [0.1, 0.15) is 124 Å². The first-order valence-electron chi connectivity index (χ1n) is 17.1. The molecule has 2 aliphatic rings. The van der Waals surface area contributed by atoms with Crippen molar-refractivity contribution in [1.82, 2.24) is 0 Å². The number of ether oxygens (including phenoxy) is 3. The van der Waals surface area contributed by atoms with Crippen LogP contribution in [0, 0.1) is 24.7 Å². The monoisotopic (exact) mass is 604 g/mol. The van der Waals surface area contributed by atoms with E-state index in [1.165, 1.54) is 75.8 Å². The van der Waals surface area contributed by atoms with Gasteiger partial charge in [-0.05, 0) is 136 Å². The smallest absolute Gasteiger partial charge is 0.330 e. The minimum absolute atomic E-state index is 0.368. The molecule has 0 saturated heterocycles. The fourth-order valence-corrected chi connectivity index (χ4v) is 7.06. The lowest BCUT2D eigenvalue weighted by molar-refractivity contribution is -0.137. The summed E-state index contributed by atoms with van der Waals surface area (Å²) in [7, 11) is 1.77. The van der Waals surface area contributed by atoms with Crippen LogP contribution in [0.15, 0.2) is 55.1 Å². The molecule has 0 bridgehead atoms. The molecule has 5 nitrogen and oxygen atoms in total. The van der Waals surface area contributed by atoms with Gasteiger partial charge in [0.05, 0.1) is 20.3 Å². The molecule has 0 amide bonds. The summed E-state index contributed by atoms with van der Waals surface area (Å²) in [4.78, 5) is 21.3. The highest BCUT2D eigenvalue weighted by molar-refractivity contribution is 5.81. The molecule has 5 heteroatoms. The van der Waals surface area contributed by atoms with Crippen molar-refractivity contribution < 1.29 is 23.8 Å². The minimum atomic E-state index is -0.368. The zero-order valence-corrected chi connectivity index (χ0v) is 27.6. The predicted molar refractivity (Wildman–Crippen MR) is 180 cm³/mol. The second kappa shape index (κ2) is 20.0. The molecule has 0 aliphatic heterocycles. The molecule has 2 aromatic carbocycles. The van der Waals surface area contributed by atoms with E-state index in [-0.39, 0.29) is 5.97 Å². The van der Waals surface area contributed by atoms with Gasteiger partial charge in [0.2, 0.25) is 0 Å². The Labute approximate surface area is 266 Å². The highest BCUT2D eigenvalue weighted by atomic mass is 16.5. The Bertz CT molecular complexity index is 1110. The number of hydrogen-bond donors (Lipinski definition) is 0. The number of esters is 1. The highest BCUT2D eigenvalue weighted by Crippen LogP contribution is 2.44. The van der Waals surface area contributed by atoms with Gasteiger partial charge in [0, 0.05) is 11.6 Å². The summed E-state index contributed by atoms with van der Waals surface area (Å²) in [5, 5.41) is 0. The average molecular weight is 605 g/mol. The van der Waals surface area contributed by atoms with E-state index < -0.39 is 0 Å². The number of benzene rings is 2. The number of aryl methyl sites for hydroxylation is 1. The predicted octanol–water partition coefficient (Wildman–Crippen LogP) is 10.1. The molecule has 0 atom stereocenters. The maximum absolute atomic E-state index is 10.8. The number of rotatable bonds is 15. The molecule has 0 unspecified atom stereocenters. The van der Waals surface area contributed by atoms with Crippen LogP contribution in [0.3, 0.4) is 0 Å². The molecular weight excluding hydrogens is 548 g/mol. The molecule has 44 heavy (non-hydrogen) atoms. The zero-order valence-electron chi connectivity index (χ0n) is 27.6. The van der Waals surface area contributed by atoms with Gasteiger partial charge in [-0.1, -0.05) is 51.3 Å². The van der Waals surface area contributed by atoms with E-state index in [0.29, 0.717) is 18.8 Å². The van der Waals surface area contributed by atoms with Gasteiger partial charge in [-0.2, -0.15) is 0 Å². The van der Waals surface area contributed by atoms with Crippen molar-refractivity contribution in [1.29, 1.82) is 0 Å². The minimum Gasteiger partial charge on any atom is -0.496 e. The van der Waals surface area contributed by atoms with Gasteiger partial charge in [-0.25, -0.2) is 4.79 Å². The number of unbranched alkanes of at least 4 members (excludes halogenated alkanes) is 3. The Morgan fingerprint density at radius 1 is 0.864 bits per heavy atom. The molecule has 2 aliphatic carbocycles. The lowest BCUT2D eigenvalue weighted by Gasteiger charge is -2.38. The molecular formula is C39H56O5. The van der Waals surface area contributed by atoms with Crippen LogP contribution < -0.4 is 9.47 Å². The van der Waals surface area contributed by atoms with Crippen LogP contribution in [0.5, 0.6) is 11.5 Å². The van der Waals surface area contributed by atoms with Crippen molar-refractivity contribution in [3.8, 4) is 11.5 Å². The van der Waals surface area contributed by atoms with Crippen LogP contribution in [0.4, 0.5) is 0 Å². The SMILES string of the molecule is C=CC(=O)OCCCCCCOc1ccc(C=O)cc1.CCCC1CCC(C2CCC(c3ccc(OC)c(C)c3)CC2)CC1. The van der Waals surface area contributed by atoms with Crippen molar-refractivity contribution in [2.24, 2.45) is 17.8 Å². The van der Waals surface area contributed by atoms with Gasteiger partial charge in [0.25, 0.3) is 0 Å². The van der Waals surface area contributed by atoms with E-state index in [9.17, 15) is 9.59 Å². The molecule has 4 rings (SSSR count). The van der Waals surface area contributed by atoms with Gasteiger partial charge in [-0.3, -0.25) is 4.79 Å². The zero-order chi connectivity index (χ0) is 31.6. The van der Waals surface area contributed by atoms with Crippen molar-refractivity contribution in [3.63, 3.8) is 0 Å². The number of aldehydes is 1. The van der Waals surface area contributed by atoms with Crippen LogP contribution in [0.2, 0.25) is 0 Å². The van der Waals surface area contributed by atoms with Gasteiger partial charge in [0.1, 0.15) is 17.8 Å². The lowest BCUT2D eigenvalue weighted by Crippen LogP contribution is -2.25. The van der Waals surface area contributed by atoms with E-state index in [0.717, 1.165) is 67.1 Å². The normalized spacial score (nSPS) is 21.3. The standard InChI is InChI=1S/C23H36O.C16H20O4/c1-4-5-18-6-8-19(9-7-18)20-10-12-21(13-11-20)22-14-15-23(24-3)17(2)16-22;1-2-16(18)20-12-6-4-3-5-11-19-15-9-7-14(13-17)8-10-15/h14-16,18-21H,4-13H2,1-3H3;2,7-10,13H,1,3-6,11-12H2. The van der Waals surface area contributed by atoms with E-state index >= 15 is 0 Å². The third-order valence-corrected chi connectivity index (χ3v) is 9.65. The molecule has 0 N–H and O–H groups in total. The summed E-state index contributed by atoms with van der Waals surface area (Å²) in [6.07, 6.45) is 20.4. The van der Waals surface area contributed by atoms with Crippen molar-refractivity contribution >= 4 is 12.3 Å². The molecule has 0 spiro atoms. The topological polar surface area (TPSA) is 61.8 Å². The van der Waals surface area contributed by atoms with Gasteiger partial charge >= 0.3 is 5.97 Å². The Balaban J connectivity index is 0.000000245. The van der Waals surface area contributed by atoms with Gasteiger partial charge in [0.15, 0.2) is 0 Å². The average Bonchev–Trinajstić information content (AvgIpc) is 3.07. The second-order valence-corrected chi connectivity index (χ2v) is 12.7. The fourth-order valence-electron chi connectivity index (χ4n) is 7.06. The first-order chi connectivity index (χ1) is 21.5. The fraction of sp³-hybridized carbons (Fsp3) is 0.590. The van der Waals surface area contributed by atoms with E-state index in [4.69, 9.17) is 14.2 Å². The maximum Gasteiger partial charge on any atom is 0.330 e. The molecule has 2 aromatic rings. The Morgan fingerprint density at radius 3 is 2.07 bits per heavy atom. The van der Waals surface area contributed by atoms with E-state index in [1.54, 1.807) is 36.9 Å². The van der Waals surface area contributed by atoms with E-state index in [1.807, 2.05) is 0 Å². The van der Waals surface area contributed by atoms with E-state index in [2.05, 4.69) is 38.6 Å². The summed E-state index contributed by atoms with van der Waals surface area (Å²) in [5.41, 5.74) is 3.47. The van der Waals surface area contributed by atoms with Crippen LogP contribution in [-0.2, 0) is 9.53 Å². The first-order valence-corrected chi connectivity index (χ1v) is 17.1. The molecule has 0 radical (unpaired) electrons. The van der Waals surface area contributed by atoms with Crippen molar-refractivity contribution in [2.45, 2.75) is 110 Å². The molecule has 2 saturated carbocycles. The van der Waals surface area contributed by atoms with Crippen LogP contribution >= 0.6 is 0 Å². The van der Waals surface area contributed by atoms with Crippen LogP contribution in [0.25, 0.3) is 0 Å². The maximum atomic E-state index is 10.8. The summed E-state index contributed by atoms with van der Waals surface area (Å²) < 4.78 is 15.8.